The number of rotatable bonds is 3. The molecule has 2 aromatic carbocycles. The van der Waals surface area contributed by atoms with Crippen molar-refractivity contribution in [1.82, 2.24) is 9.55 Å². The number of non-ortho nitro benzene ring substituents is 1. The van der Waals surface area contributed by atoms with Crippen LogP contribution in [0.4, 0.5) is 11.4 Å². The average molecular weight is 340 g/mol. The van der Waals surface area contributed by atoms with E-state index in [-0.39, 0.29) is 17.1 Å². The first kappa shape index (κ1) is 16.2. The van der Waals surface area contributed by atoms with Gasteiger partial charge in [-0.1, -0.05) is 12.1 Å². The highest BCUT2D eigenvalue weighted by atomic mass is 16.6. The van der Waals surface area contributed by atoms with E-state index in [9.17, 15) is 25.0 Å². The first-order chi connectivity index (χ1) is 11.8. The van der Waals surface area contributed by atoms with Crippen LogP contribution in [-0.2, 0) is 0 Å². The Labute approximate surface area is 140 Å². The van der Waals surface area contributed by atoms with E-state index in [0.717, 1.165) is 10.6 Å². The van der Waals surface area contributed by atoms with Crippen LogP contribution in [0.1, 0.15) is 11.4 Å². The lowest BCUT2D eigenvalue weighted by atomic mass is 10.1. The maximum absolute atomic E-state index is 12.9. The molecule has 0 saturated heterocycles. The van der Waals surface area contributed by atoms with E-state index in [0.29, 0.717) is 10.9 Å². The lowest BCUT2D eigenvalue weighted by Crippen LogP contribution is -2.24. The number of hydrogen-bond donors (Lipinski definition) is 0. The number of benzene rings is 2. The van der Waals surface area contributed by atoms with Crippen LogP contribution in [-0.4, -0.2) is 19.4 Å². The first-order valence-corrected chi connectivity index (χ1v) is 7.23. The van der Waals surface area contributed by atoms with E-state index in [4.69, 9.17) is 0 Å². The van der Waals surface area contributed by atoms with Crippen LogP contribution in [0, 0.1) is 34.1 Å². The summed E-state index contributed by atoms with van der Waals surface area (Å²) in [6, 6.07) is 8.70. The summed E-state index contributed by atoms with van der Waals surface area (Å²) in [5.41, 5.74) is -0.701. The first-order valence-electron chi connectivity index (χ1n) is 7.23. The van der Waals surface area contributed by atoms with Gasteiger partial charge in [0.1, 0.15) is 11.5 Å². The van der Waals surface area contributed by atoms with Gasteiger partial charge in [-0.3, -0.25) is 29.6 Å². The number of aromatic nitrogens is 2. The maximum atomic E-state index is 12.9. The normalized spacial score (nSPS) is 10.8. The number of fused-ring (bicyclic) bond motifs is 1. The molecule has 0 amide bonds. The Balaban J connectivity index is 2.45. The molecular formula is C16H12N4O5. The molecule has 0 unspecified atom stereocenters. The SMILES string of the molecule is Cc1cc([N+](=O)[O-])cc([N+](=O)[O-])c1-n1c(C)nc2ccccc2c1=O. The highest BCUT2D eigenvalue weighted by molar-refractivity contribution is 5.78. The standard InChI is InChI=1S/C16H12N4O5/c1-9-7-11(19(22)23)8-14(20(24)25)15(9)18-10(2)17-13-6-4-3-5-12(13)16(18)21/h3-8H,1-2H3. The Morgan fingerprint density at radius 2 is 1.72 bits per heavy atom. The van der Waals surface area contributed by atoms with Crippen LogP contribution >= 0.6 is 0 Å². The van der Waals surface area contributed by atoms with E-state index < -0.39 is 26.8 Å². The summed E-state index contributed by atoms with van der Waals surface area (Å²) >= 11 is 0. The van der Waals surface area contributed by atoms with Crippen molar-refractivity contribution in [1.29, 1.82) is 0 Å². The van der Waals surface area contributed by atoms with E-state index in [2.05, 4.69) is 4.98 Å². The summed E-state index contributed by atoms with van der Waals surface area (Å²) in [4.78, 5) is 38.2. The fourth-order valence-corrected chi connectivity index (χ4v) is 2.78. The molecule has 0 aliphatic carbocycles. The molecule has 0 bridgehead atoms. The van der Waals surface area contributed by atoms with E-state index in [1.165, 1.54) is 13.0 Å². The highest BCUT2D eigenvalue weighted by Gasteiger charge is 2.26. The van der Waals surface area contributed by atoms with Gasteiger partial charge in [-0.05, 0) is 31.5 Å². The van der Waals surface area contributed by atoms with Gasteiger partial charge in [0.05, 0.1) is 26.8 Å². The van der Waals surface area contributed by atoms with Crippen LogP contribution < -0.4 is 5.56 Å². The smallest absolute Gasteiger partial charge is 0.268 e. The van der Waals surface area contributed by atoms with Gasteiger partial charge in [0.2, 0.25) is 0 Å². The van der Waals surface area contributed by atoms with Crippen molar-refractivity contribution in [2.75, 3.05) is 0 Å². The zero-order chi connectivity index (χ0) is 18.3. The van der Waals surface area contributed by atoms with Crippen molar-refractivity contribution in [3.63, 3.8) is 0 Å². The van der Waals surface area contributed by atoms with Gasteiger partial charge in [0.15, 0.2) is 0 Å². The third-order valence-electron chi connectivity index (χ3n) is 3.84. The molecule has 0 atom stereocenters. The molecule has 0 aliphatic heterocycles. The molecular weight excluding hydrogens is 328 g/mol. The molecule has 0 saturated carbocycles. The number of para-hydroxylation sites is 1. The highest BCUT2D eigenvalue weighted by Crippen LogP contribution is 2.31. The summed E-state index contributed by atoms with van der Waals surface area (Å²) in [5.74, 6) is 0.253. The van der Waals surface area contributed by atoms with Gasteiger partial charge >= 0.3 is 5.69 Å². The van der Waals surface area contributed by atoms with Gasteiger partial charge in [-0.2, -0.15) is 0 Å². The van der Waals surface area contributed by atoms with Crippen LogP contribution in [0.25, 0.3) is 16.6 Å². The molecule has 0 radical (unpaired) electrons. The summed E-state index contributed by atoms with van der Waals surface area (Å²) in [6.45, 7) is 3.04. The maximum Gasteiger partial charge on any atom is 0.300 e. The molecule has 0 fully saturated rings. The number of nitrogens with zero attached hydrogens (tertiary/aromatic N) is 4. The second kappa shape index (κ2) is 5.78. The van der Waals surface area contributed by atoms with Gasteiger partial charge in [0, 0.05) is 6.07 Å². The predicted molar refractivity (Wildman–Crippen MR) is 90.1 cm³/mol. The number of aryl methyl sites for hydroxylation is 2. The van der Waals surface area contributed by atoms with Gasteiger partial charge < -0.3 is 0 Å². The Morgan fingerprint density at radius 3 is 2.36 bits per heavy atom. The molecule has 9 heteroatoms. The minimum Gasteiger partial charge on any atom is -0.268 e. The Hall–Kier alpha value is -3.62. The van der Waals surface area contributed by atoms with Crippen molar-refractivity contribution >= 4 is 22.3 Å². The molecule has 0 aliphatic rings. The van der Waals surface area contributed by atoms with Crippen LogP contribution in [0.5, 0.6) is 0 Å². The van der Waals surface area contributed by atoms with E-state index in [1.54, 1.807) is 31.2 Å². The topological polar surface area (TPSA) is 121 Å². The van der Waals surface area contributed by atoms with E-state index in [1.807, 2.05) is 0 Å². The minimum atomic E-state index is -0.740. The second-order valence-electron chi connectivity index (χ2n) is 5.46. The lowest BCUT2D eigenvalue weighted by Gasteiger charge is -2.13. The lowest BCUT2D eigenvalue weighted by molar-refractivity contribution is -0.394. The van der Waals surface area contributed by atoms with Crippen molar-refractivity contribution in [2.45, 2.75) is 13.8 Å². The van der Waals surface area contributed by atoms with Crippen LogP contribution in [0.2, 0.25) is 0 Å². The fourth-order valence-electron chi connectivity index (χ4n) is 2.78. The predicted octanol–water partition coefficient (Wildman–Crippen LogP) is 2.82. The molecule has 0 N–H and O–H groups in total. The molecule has 1 aromatic heterocycles. The third-order valence-corrected chi connectivity index (χ3v) is 3.84. The second-order valence-corrected chi connectivity index (χ2v) is 5.46. The monoisotopic (exact) mass is 340 g/mol. The zero-order valence-corrected chi connectivity index (χ0v) is 13.3. The van der Waals surface area contributed by atoms with Crippen LogP contribution in [0.3, 0.4) is 0 Å². The van der Waals surface area contributed by atoms with E-state index >= 15 is 0 Å². The summed E-state index contributed by atoms with van der Waals surface area (Å²) in [7, 11) is 0. The molecule has 126 valence electrons. The van der Waals surface area contributed by atoms with Crippen LogP contribution in [0.15, 0.2) is 41.2 Å². The summed E-state index contributed by atoms with van der Waals surface area (Å²) in [6.07, 6.45) is 0. The Morgan fingerprint density at radius 1 is 1.04 bits per heavy atom. The molecule has 25 heavy (non-hydrogen) atoms. The molecule has 1 heterocycles. The Kier molecular flexibility index (Phi) is 3.76. The zero-order valence-electron chi connectivity index (χ0n) is 13.3. The van der Waals surface area contributed by atoms with Gasteiger partial charge in [-0.25, -0.2) is 4.98 Å². The fraction of sp³-hybridized carbons (Fsp3) is 0.125. The minimum absolute atomic E-state index is 0.0173. The van der Waals surface area contributed by atoms with Crippen molar-refractivity contribution in [3.05, 3.63) is 78.4 Å². The Bertz CT molecular complexity index is 1100. The third kappa shape index (κ3) is 2.61. The van der Waals surface area contributed by atoms with Gasteiger partial charge in [-0.15, -0.1) is 0 Å². The quantitative estimate of drug-likeness (QED) is 0.534. The molecule has 3 rings (SSSR count). The molecule has 3 aromatic rings. The van der Waals surface area contributed by atoms with Crippen molar-refractivity contribution < 1.29 is 9.85 Å². The number of nitro benzene ring substituents is 2. The summed E-state index contributed by atoms with van der Waals surface area (Å²) < 4.78 is 1.12. The summed E-state index contributed by atoms with van der Waals surface area (Å²) in [5, 5.41) is 22.7. The van der Waals surface area contributed by atoms with Gasteiger partial charge in [0.25, 0.3) is 11.2 Å². The number of nitro groups is 2. The molecule has 0 spiro atoms. The van der Waals surface area contributed by atoms with Crippen molar-refractivity contribution in [2.24, 2.45) is 0 Å². The van der Waals surface area contributed by atoms with Crippen molar-refractivity contribution in [3.8, 4) is 5.69 Å². The molecule has 9 nitrogen and oxygen atoms in total. The largest absolute Gasteiger partial charge is 0.300 e. The number of hydrogen-bond acceptors (Lipinski definition) is 6. The average Bonchev–Trinajstić information content (AvgIpc) is 2.55.